The summed E-state index contributed by atoms with van der Waals surface area (Å²) in [6, 6.07) is 5.30. The molecule has 0 saturated carbocycles. The van der Waals surface area contributed by atoms with Crippen molar-refractivity contribution in [2.24, 2.45) is 0 Å². The Morgan fingerprint density at radius 2 is 1.89 bits per heavy atom. The SMILES string of the molecule is COC(=O)CN(c1ccccc1F)S(=O)(=O)N(C)C. The van der Waals surface area contributed by atoms with Crippen LogP contribution in [0.15, 0.2) is 24.3 Å². The lowest BCUT2D eigenvalue weighted by Gasteiger charge is -2.26. The monoisotopic (exact) mass is 290 g/mol. The van der Waals surface area contributed by atoms with Gasteiger partial charge in [0, 0.05) is 14.1 Å². The van der Waals surface area contributed by atoms with Gasteiger partial charge in [0.05, 0.1) is 12.8 Å². The molecule has 0 saturated heterocycles. The van der Waals surface area contributed by atoms with E-state index in [-0.39, 0.29) is 5.69 Å². The Bertz CT molecular complexity index is 560. The van der Waals surface area contributed by atoms with E-state index in [0.717, 1.165) is 17.5 Å². The zero-order chi connectivity index (χ0) is 14.6. The first kappa shape index (κ1) is 15.4. The fourth-order valence-corrected chi connectivity index (χ4v) is 2.38. The average molecular weight is 290 g/mol. The van der Waals surface area contributed by atoms with Gasteiger partial charge in [-0.25, -0.2) is 8.70 Å². The molecular formula is C11H15FN2O4S. The van der Waals surface area contributed by atoms with E-state index in [2.05, 4.69) is 4.74 Å². The van der Waals surface area contributed by atoms with Crippen LogP contribution >= 0.6 is 0 Å². The molecule has 0 aliphatic carbocycles. The maximum Gasteiger partial charge on any atom is 0.326 e. The number of carbonyl (C=O) groups is 1. The van der Waals surface area contributed by atoms with Gasteiger partial charge in [-0.1, -0.05) is 12.1 Å². The molecule has 0 radical (unpaired) electrons. The minimum atomic E-state index is -3.99. The smallest absolute Gasteiger partial charge is 0.326 e. The molecule has 1 aromatic carbocycles. The number of benzene rings is 1. The standard InChI is InChI=1S/C11H15FN2O4S/c1-13(2)19(16,17)14(8-11(15)18-3)10-7-5-4-6-9(10)12/h4-7H,8H2,1-3H3. The number of hydrogen-bond donors (Lipinski definition) is 0. The molecule has 0 bridgehead atoms. The third-order valence-electron chi connectivity index (χ3n) is 2.36. The van der Waals surface area contributed by atoms with E-state index >= 15 is 0 Å². The molecule has 0 aliphatic heterocycles. The van der Waals surface area contributed by atoms with Crippen molar-refractivity contribution >= 4 is 21.9 Å². The Morgan fingerprint density at radius 1 is 1.32 bits per heavy atom. The fourth-order valence-electron chi connectivity index (χ4n) is 1.32. The number of para-hydroxylation sites is 1. The van der Waals surface area contributed by atoms with E-state index in [0.29, 0.717) is 4.31 Å². The van der Waals surface area contributed by atoms with Crippen LogP contribution in [0, 0.1) is 5.82 Å². The number of hydrogen-bond acceptors (Lipinski definition) is 4. The molecule has 0 unspecified atom stereocenters. The van der Waals surface area contributed by atoms with Gasteiger partial charge in [0.2, 0.25) is 0 Å². The number of methoxy groups -OCH3 is 1. The molecule has 0 amide bonds. The molecule has 0 N–H and O–H groups in total. The van der Waals surface area contributed by atoms with Crippen molar-refractivity contribution in [1.82, 2.24) is 4.31 Å². The van der Waals surface area contributed by atoms with Crippen LogP contribution in [-0.2, 0) is 19.7 Å². The summed E-state index contributed by atoms with van der Waals surface area (Å²) in [7, 11) is -0.281. The number of ether oxygens (including phenoxy) is 1. The first-order valence-electron chi connectivity index (χ1n) is 5.32. The fraction of sp³-hybridized carbons (Fsp3) is 0.364. The van der Waals surface area contributed by atoms with E-state index < -0.39 is 28.5 Å². The Labute approximate surface area is 111 Å². The van der Waals surface area contributed by atoms with Gasteiger partial charge in [0.15, 0.2) is 0 Å². The van der Waals surface area contributed by atoms with E-state index in [1.807, 2.05) is 0 Å². The summed E-state index contributed by atoms with van der Waals surface area (Å²) in [4.78, 5) is 11.3. The molecule has 0 aromatic heterocycles. The van der Waals surface area contributed by atoms with Crippen molar-refractivity contribution in [3.8, 4) is 0 Å². The van der Waals surface area contributed by atoms with Crippen molar-refractivity contribution in [1.29, 1.82) is 0 Å². The molecule has 8 heteroatoms. The predicted octanol–water partition coefficient (Wildman–Crippen LogP) is 0.611. The molecule has 6 nitrogen and oxygen atoms in total. The second-order valence-corrected chi connectivity index (χ2v) is 5.89. The summed E-state index contributed by atoms with van der Waals surface area (Å²) in [5.74, 6) is -1.52. The van der Waals surface area contributed by atoms with Crippen LogP contribution in [0.3, 0.4) is 0 Å². The van der Waals surface area contributed by atoms with Crippen LogP contribution in [0.25, 0.3) is 0 Å². The van der Waals surface area contributed by atoms with Crippen molar-refractivity contribution in [3.63, 3.8) is 0 Å². The number of carbonyl (C=O) groups excluding carboxylic acids is 1. The van der Waals surface area contributed by atoms with Gasteiger partial charge in [0.25, 0.3) is 0 Å². The normalized spacial score (nSPS) is 11.4. The highest BCUT2D eigenvalue weighted by Crippen LogP contribution is 2.22. The largest absolute Gasteiger partial charge is 0.468 e. The molecule has 0 spiro atoms. The van der Waals surface area contributed by atoms with E-state index in [9.17, 15) is 17.6 Å². The van der Waals surface area contributed by atoms with Crippen molar-refractivity contribution < 1.29 is 22.3 Å². The van der Waals surface area contributed by atoms with E-state index in [1.54, 1.807) is 0 Å². The summed E-state index contributed by atoms with van der Waals surface area (Å²) in [6.45, 7) is -0.599. The predicted molar refractivity (Wildman–Crippen MR) is 68.4 cm³/mol. The first-order chi connectivity index (χ1) is 8.80. The number of esters is 1. The van der Waals surface area contributed by atoms with Gasteiger partial charge in [-0.05, 0) is 12.1 Å². The van der Waals surface area contributed by atoms with Crippen LogP contribution in [0.4, 0.5) is 10.1 Å². The Balaban J connectivity index is 3.29. The highest BCUT2D eigenvalue weighted by molar-refractivity contribution is 7.90. The topological polar surface area (TPSA) is 66.9 Å². The highest BCUT2D eigenvalue weighted by atomic mass is 32.2. The van der Waals surface area contributed by atoms with Crippen molar-refractivity contribution in [3.05, 3.63) is 30.1 Å². The molecule has 1 rings (SSSR count). The summed E-state index contributed by atoms with van der Waals surface area (Å²) in [5, 5.41) is 0. The van der Waals surface area contributed by atoms with Crippen molar-refractivity contribution in [2.45, 2.75) is 0 Å². The summed E-state index contributed by atoms with van der Waals surface area (Å²) in [6.07, 6.45) is 0. The van der Waals surface area contributed by atoms with Crippen LogP contribution in [0.2, 0.25) is 0 Å². The first-order valence-corrected chi connectivity index (χ1v) is 6.72. The zero-order valence-corrected chi connectivity index (χ0v) is 11.6. The van der Waals surface area contributed by atoms with E-state index in [4.69, 9.17) is 0 Å². The Kier molecular flexibility index (Phi) is 4.84. The second-order valence-electron chi connectivity index (χ2n) is 3.82. The van der Waals surface area contributed by atoms with Gasteiger partial charge in [-0.15, -0.1) is 0 Å². The maximum absolute atomic E-state index is 13.7. The quantitative estimate of drug-likeness (QED) is 0.745. The van der Waals surface area contributed by atoms with Gasteiger partial charge >= 0.3 is 16.2 Å². The maximum atomic E-state index is 13.7. The van der Waals surface area contributed by atoms with Gasteiger partial charge in [-0.2, -0.15) is 12.7 Å². The third-order valence-corrected chi connectivity index (χ3v) is 4.17. The van der Waals surface area contributed by atoms with Gasteiger partial charge < -0.3 is 4.74 Å². The number of halogens is 1. The van der Waals surface area contributed by atoms with Crippen LogP contribution in [0.5, 0.6) is 0 Å². The lowest BCUT2D eigenvalue weighted by Crippen LogP contribution is -2.43. The zero-order valence-electron chi connectivity index (χ0n) is 10.8. The average Bonchev–Trinajstić information content (AvgIpc) is 2.36. The second kappa shape index (κ2) is 5.98. The van der Waals surface area contributed by atoms with Crippen LogP contribution < -0.4 is 4.31 Å². The lowest BCUT2D eigenvalue weighted by molar-refractivity contribution is -0.138. The molecule has 0 fully saturated rings. The third kappa shape index (κ3) is 3.42. The molecule has 19 heavy (non-hydrogen) atoms. The molecule has 0 aliphatic rings. The number of anilines is 1. The molecule has 1 aromatic rings. The summed E-state index contributed by atoms with van der Waals surface area (Å²) >= 11 is 0. The minimum Gasteiger partial charge on any atom is -0.468 e. The highest BCUT2D eigenvalue weighted by Gasteiger charge is 2.29. The molecular weight excluding hydrogens is 275 g/mol. The number of rotatable bonds is 5. The van der Waals surface area contributed by atoms with Gasteiger partial charge in [-0.3, -0.25) is 4.79 Å². The van der Waals surface area contributed by atoms with Crippen LogP contribution in [-0.4, -0.2) is 46.4 Å². The molecule has 106 valence electrons. The Morgan fingerprint density at radius 3 is 2.37 bits per heavy atom. The molecule has 0 heterocycles. The van der Waals surface area contributed by atoms with Gasteiger partial charge in [0.1, 0.15) is 12.4 Å². The molecule has 0 atom stereocenters. The van der Waals surface area contributed by atoms with Crippen molar-refractivity contribution in [2.75, 3.05) is 32.1 Å². The van der Waals surface area contributed by atoms with E-state index in [1.165, 1.54) is 32.3 Å². The number of nitrogens with zero attached hydrogens (tertiary/aromatic N) is 2. The Hall–Kier alpha value is -1.67. The summed E-state index contributed by atoms with van der Waals surface area (Å²) in [5.41, 5.74) is -0.207. The summed E-state index contributed by atoms with van der Waals surface area (Å²) < 4.78 is 43.9. The van der Waals surface area contributed by atoms with Crippen LogP contribution in [0.1, 0.15) is 0 Å². The lowest BCUT2D eigenvalue weighted by atomic mass is 10.3. The minimum absolute atomic E-state index is 0.207.